The van der Waals surface area contributed by atoms with Crippen LogP contribution in [-0.2, 0) is 13.1 Å². The van der Waals surface area contributed by atoms with Gasteiger partial charge in [-0.2, -0.15) is 0 Å². The molecule has 0 unspecified atom stereocenters. The first-order valence-corrected chi connectivity index (χ1v) is 5.90. The van der Waals surface area contributed by atoms with Gasteiger partial charge in [-0.25, -0.2) is 4.39 Å². The van der Waals surface area contributed by atoms with E-state index >= 15 is 0 Å². The average Bonchev–Trinajstić information content (AvgIpc) is 2.79. The Morgan fingerprint density at radius 1 is 1.06 bits per heavy atom. The maximum absolute atomic E-state index is 13.9. The molecule has 0 aromatic heterocycles. The zero-order chi connectivity index (χ0) is 11.8. The summed E-state index contributed by atoms with van der Waals surface area (Å²) in [6, 6.07) is 11.1. The van der Waals surface area contributed by atoms with Gasteiger partial charge in [-0.3, -0.25) is 0 Å². The van der Waals surface area contributed by atoms with E-state index in [9.17, 15) is 4.39 Å². The van der Waals surface area contributed by atoms with Crippen molar-refractivity contribution in [2.75, 3.05) is 0 Å². The van der Waals surface area contributed by atoms with Crippen LogP contribution in [0.15, 0.2) is 36.4 Å². The number of nitrogens with one attached hydrogen (secondary N) is 1. The molecular weight excluding hydrogens is 237 g/mol. The molecule has 3 heteroatoms. The van der Waals surface area contributed by atoms with Crippen LogP contribution in [0.3, 0.4) is 0 Å². The zero-order valence-corrected chi connectivity index (χ0v) is 9.89. The normalized spacial score (nSPS) is 13.8. The molecule has 3 rings (SSSR count). The van der Waals surface area contributed by atoms with Crippen LogP contribution in [0, 0.1) is 5.82 Å². The van der Waals surface area contributed by atoms with E-state index in [2.05, 4.69) is 5.32 Å². The summed E-state index contributed by atoms with van der Waals surface area (Å²) < 4.78 is 13.9. The topological polar surface area (TPSA) is 12.0 Å². The fraction of sp³-hybridized carbons (Fsp3) is 0.143. The first-order valence-electron chi connectivity index (χ1n) is 5.52. The van der Waals surface area contributed by atoms with Gasteiger partial charge in [0.1, 0.15) is 5.82 Å². The summed E-state index contributed by atoms with van der Waals surface area (Å²) in [5, 5.41) is 3.44. The number of halogens is 2. The van der Waals surface area contributed by atoms with E-state index < -0.39 is 0 Å². The van der Waals surface area contributed by atoms with Crippen molar-refractivity contribution in [2.45, 2.75) is 13.1 Å². The molecule has 1 nitrogen and oxygen atoms in total. The summed E-state index contributed by atoms with van der Waals surface area (Å²) in [6.45, 7) is 1.75. The fourth-order valence-electron chi connectivity index (χ4n) is 2.19. The van der Waals surface area contributed by atoms with Gasteiger partial charge in [-0.1, -0.05) is 35.9 Å². The number of hydrogen-bond acceptors (Lipinski definition) is 1. The van der Waals surface area contributed by atoms with Crippen molar-refractivity contribution in [1.29, 1.82) is 0 Å². The van der Waals surface area contributed by atoms with Gasteiger partial charge in [-0.15, -0.1) is 0 Å². The van der Waals surface area contributed by atoms with Crippen molar-refractivity contribution in [2.24, 2.45) is 0 Å². The van der Waals surface area contributed by atoms with Gasteiger partial charge in [0, 0.05) is 18.7 Å². The molecule has 0 saturated carbocycles. The van der Waals surface area contributed by atoms with E-state index in [1.165, 1.54) is 11.1 Å². The van der Waals surface area contributed by atoms with Gasteiger partial charge in [0.15, 0.2) is 0 Å². The van der Waals surface area contributed by atoms with Gasteiger partial charge in [0.05, 0.1) is 5.02 Å². The molecule has 1 aliphatic rings. The van der Waals surface area contributed by atoms with E-state index in [1.54, 1.807) is 18.2 Å². The number of benzene rings is 2. The highest BCUT2D eigenvalue weighted by Gasteiger charge is 2.13. The molecule has 1 aliphatic heterocycles. The molecule has 1 heterocycles. The van der Waals surface area contributed by atoms with Crippen LogP contribution in [0.4, 0.5) is 4.39 Å². The van der Waals surface area contributed by atoms with Gasteiger partial charge in [0.2, 0.25) is 0 Å². The Labute approximate surface area is 104 Å². The second kappa shape index (κ2) is 4.13. The van der Waals surface area contributed by atoms with E-state index in [4.69, 9.17) is 11.6 Å². The van der Waals surface area contributed by atoms with E-state index in [0.29, 0.717) is 5.56 Å². The predicted molar refractivity (Wildman–Crippen MR) is 67.4 cm³/mol. The highest BCUT2D eigenvalue weighted by atomic mass is 35.5. The van der Waals surface area contributed by atoms with Gasteiger partial charge < -0.3 is 5.32 Å². The minimum absolute atomic E-state index is 0.168. The van der Waals surface area contributed by atoms with Crippen LogP contribution < -0.4 is 5.32 Å². The van der Waals surface area contributed by atoms with Crippen LogP contribution >= 0.6 is 11.6 Å². The van der Waals surface area contributed by atoms with Crippen molar-refractivity contribution in [1.82, 2.24) is 5.32 Å². The third-order valence-corrected chi connectivity index (χ3v) is 3.39. The summed E-state index contributed by atoms with van der Waals surface area (Å²) in [7, 11) is 0. The smallest absolute Gasteiger partial charge is 0.149 e. The number of hydrogen-bond donors (Lipinski definition) is 1. The van der Waals surface area contributed by atoms with E-state index in [1.807, 2.05) is 18.2 Å². The Morgan fingerprint density at radius 3 is 2.76 bits per heavy atom. The molecule has 0 fully saturated rings. The fourth-order valence-corrected chi connectivity index (χ4v) is 2.36. The lowest BCUT2D eigenvalue weighted by molar-refractivity contribution is 0.632. The molecule has 2 aromatic carbocycles. The Balaban J connectivity index is 2.13. The van der Waals surface area contributed by atoms with Crippen molar-refractivity contribution < 1.29 is 4.39 Å². The lowest BCUT2D eigenvalue weighted by Gasteiger charge is -2.06. The quantitative estimate of drug-likeness (QED) is 0.809. The summed E-state index contributed by atoms with van der Waals surface area (Å²) in [4.78, 5) is 0. The Hall–Kier alpha value is -1.38. The Bertz CT molecular complexity index is 580. The maximum atomic E-state index is 13.9. The van der Waals surface area contributed by atoms with E-state index in [-0.39, 0.29) is 10.8 Å². The number of fused-ring (bicyclic) bond motifs is 1. The highest BCUT2D eigenvalue weighted by molar-refractivity contribution is 6.31. The molecule has 17 heavy (non-hydrogen) atoms. The molecule has 0 amide bonds. The third kappa shape index (κ3) is 1.84. The second-order valence-corrected chi connectivity index (χ2v) is 4.60. The van der Waals surface area contributed by atoms with Crippen LogP contribution in [0.2, 0.25) is 5.02 Å². The standard InChI is InChI=1S/C14H11ClFN/c15-13-3-1-2-12(14(13)16)9-4-5-10-7-17-8-11(10)6-9/h1-6,17H,7-8H2. The lowest BCUT2D eigenvalue weighted by atomic mass is 10.0. The van der Waals surface area contributed by atoms with Gasteiger partial charge >= 0.3 is 0 Å². The molecule has 1 N–H and O–H groups in total. The summed E-state index contributed by atoms with van der Waals surface area (Å²) in [6.07, 6.45) is 0. The molecule has 0 aliphatic carbocycles. The zero-order valence-electron chi connectivity index (χ0n) is 9.13. The molecule has 2 aromatic rings. The van der Waals surface area contributed by atoms with Crippen molar-refractivity contribution in [3.8, 4) is 11.1 Å². The van der Waals surface area contributed by atoms with Crippen LogP contribution in [0.25, 0.3) is 11.1 Å². The van der Waals surface area contributed by atoms with Crippen molar-refractivity contribution >= 4 is 11.6 Å². The summed E-state index contributed by atoms with van der Waals surface area (Å²) in [5.41, 5.74) is 3.97. The summed E-state index contributed by atoms with van der Waals surface area (Å²) >= 11 is 5.79. The molecule has 86 valence electrons. The van der Waals surface area contributed by atoms with Crippen molar-refractivity contribution in [3.63, 3.8) is 0 Å². The van der Waals surface area contributed by atoms with Crippen LogP contribution in [0.5, 0.6) is 0 Å². The molecular formula is C14H11ClFN. The third-order valence-electron chi connectivity index (χ3n) is 3.10. The lowest BCUT2D eigenvalue weighted by Crippen LogP contribution is -1.99. The van der Waals surface area contributed by atoms with E-state index in [0.717, 1.165) is 18.7 Å². The SMILES string of the molecule is Fc1c(Cl)cccc1-c1ccc2c(c1)CNC2. The maximum Gasteiger partial charge on any atom is 0.149 e. The molecule has 0 atom stereocenters. The Morgan fingerprint density at radius 2 is 1.88 bits per heavy atom. The second-order valence-electron chi connectivity index (χ2n) is 4.19. The minimum Gasteiger partial charge on any atom is -0.309 e. The highest BCUT2D eigenvalue weighted by Crippen LogP contribution is 2.29. The first kappa shape index (κ1) is 10.8. The molecule has 0 radical (unpaired) electrons. The van der Waals surface area contributed by atoms with Gasteiger partial charge in [0.25, 0.3) is 0 Å². The molecule has 0 bridgehead atoms. The van der Waals surface area contributed by atoms with Crippen LogP contribution in [0.1, 0.15) is 11.1 Å². The number of rotatable bonds is 1. The monoisotopic (exact) mass is 247 g/mol. The van der Waals surface area contributed by atoms with Crippen LogP contribution in [-0.4, -0.2) is 0 Å². The van der Waals surface area contributed by atoms with Gasteiger partial charge in [-0.05, 0) is 28.8 Å². The average molecular weight is 248 g/mol. The first-order chi connectivity index (χ1) is 8.25. The predicted octanol–water partition coefficient (Wildman–Crippen LogP) is 3.75. The summed E-state index contributed by atoms with van der Waals surface area (Å²) in [5.74, 6) is -0.347. The molecule has 0 saturated heterocycles. The van der Waals surface area contributed by atoms with Crippen molar-refractivity contribution in [3.05, 3.63) is 58.4 Å². The Kier molecular flexibility index (Phi) is 2.61. The minimum atomic E-state index is -0.347. The largest absolute Gasteiger partial charge is 0.309 e. The molecule has 0 spiro atoms.